The van der Waals surface area contributed by atoms with Crippen LogP contribution >= 0.6 is 0 Å². The highest BCUT2D eigenvalue weighted by Crippen LogP contribution is 2.41. The average molecular weight is 1530 g/mol. The molecule has 4 aromatic rings. The molecule has 0 spiro atoms. The summed E-state index contributed by atoms with van der Waals surface area (Å²) in [6.45, 7) is 12.2. The van der Waals surface area contributed by atoms with Gasteiger partial charge < -0.3 is 104 Å². The molecule has 0 N–H and O–H groups in total. The van der Waals surface area contributed by atoms with E-state index in [0.717, 1.165) is 55.4 Å². The lowest BCUT2D eigenvalue weighted by Crippen LogP contribution is -2.69. The minimum Gasteiger partial charge on any atom is -0.463 e. The number of ether oxygens (including phenoxy) is 22. The van der Waals surface area contributed by atoms with Gasteiger partial charge in [-0.2, -0.15) is 0 Å². The summed E-state index contributed by atoms with van der Waals surface area (Å²) in [6.07, 6.45) is -41.2. The van der Waals surface area contributed by atoms with E-state index in [4.69, 9.17) is 104 Å². The SMILES string of the molecule is C=CCO[C@H]1OC[C@H](OC(=O)c2ccccc2)[C@H](O[C@@H]2O[C@H](C)[C@H](OC(=O)c3ccccc3)[C@H](OC(=O)c3ccccc3)[C@H]2OC(=O)c2ccccc2)[C@H]1O[C@@H]1O[C@@H](C)[C@H](O[C@@H]2OC[C@@H](OC(C)=O)[C@H](OC(C)=O)[C@H]2OC(C)=O)[C@@H](O[C@@H]2O[C@H](COC(C)=O)[C@@H](OC(C)=O)[C@H](OC(C)=O)[C@H]2OC(C)=O)[C@H]1OC(C)=O. The van der Waals surface area contributed by atoms with Gasteiger partial charge in [-0.3, -0.25) is 38.4 Å². The predicted molar refractivity (Wildman–Crippen MR) is 361 cm³/mol. The molecule has 34 nitrogen and oxygen atoms in total. The molecule has 5 aliphatic rings. The fraction of sp³-hybridized carbons (Fsp3) is 0.493. The van der Waals surface area contributed by atoms with Crippen molar-refractivity contribution in [1.29, 1.82) is 0 Å². The van der Waals surface area contributed by atoms with Gasteiger partial charge in [0.15, 0.2) is 98.6 Å². The topological polar surface area (TPSA) is 408 Å². The van der Waals surface area contributed by atoms with Gasteiger partial charge in [0.2, 0.25) is 0 Å². The molecule has 0 unspecified atom stereocenters. The van der Waals surface area contributed by atoms with Gasteiger partial charge in [-0.15, -0.1) is 6.58 Å². The molecule has 5 saturated heterocycles. The van der Waals surface area contributed by atoms with Crippen molar-refractivity contribution in [2.45, 2.75) is 211 Å². The summed E-state index contributed by atoms with van der Waals surface area (Å²) < 4.78 is 137. The van der Waals surface area contributed by atoms with Crippen LogP contribution in [0.1, 0.15) is 111 Å². The predicted octanol–water partition coefficient (Wildman–Crippen LogP) is 4.64. The molecule has 0 aliphatic carbocycles. The molecule has 9 rings (SSSR count). The molecule has 588 valence electrons. The fourth-order valence-electron chi connectivity index (χ4n) is 12.5. The molecule has 0 bridgehead atoms. The first kappa shape index (κ1) is 82.9. The smallest absolute Gasteiger partial charge is 0.338 e. The normalized spacial score (nSPS) is 30.7. The fourth-order valence-corrected chi connectivity index (χ4v) is 12.5. The summed E-state index contributed by atoms with van der Waals surface area (Å²) in [6, 6.07) is 30.5. The Hall–Kier alpha value is -10.1. The molecule has 5 aliphatic heterocycles. The minimum atomic E-state index is -2.17. The van der Waals surface area contributed by atoms with Crippen molar-refractivity contribution >= 4 is 71.6 Å². The number of rotatable bonds is 28. The second-order valence-electron chi connectivity index (χ2n) is 25.3. The first-order valence-electron chi connectivity index (χ1n) is 34.5. The van der Waals surface area contributed by atoms with Crippen molar-refractivity contribution in [2.24, 2.45) is 0 Å². The number of esters is 12. The Balaban J connectivity index is 1.22. The van der Waals surface area contributed by atoms with Gasteiger partial charge >= 0.3 is 71.6 Å². The standard InChI is InChI=1S/C75H84O34/c1-12-33-88-71-62(58(52(36-90-71)101-67(84)47-25-17-13-18-26-47)107-74-66(105-70(87)50-31-23-16-24-32-50)59(104-69(86)49-29-21-15-22-30-49)54(37(2)92-74)103-68(85)48-27-19-14-20-28-48)109-73-64(99-45(10)82)60(55(38(3)93-73)106-72-63(98-44(9)81)57(96-42(7)79)51(35-91-72)94-40(5)77)108-75-65(100-46(11)83)61(97-43(8)80)56(95-41(6)78)53(102-75)34-89-39(4)76/h12-32,37-38,51-66,71-75H,1,33-36H2,2-11H3/t37-,38+,51-,52+,53-,54+,55+,56-,57+,58+,59+,60-,61+,62-,63-,64-,65-,66-,71+,72+,73+,74+,75+/m1/s1. The summed E-state index contributed by atoms with van der Waals surface area (Å²) in [5, 5.41) is 0. The number of hydrogen-bond donors (Lipinski definition) is 0. The third-order valence-electron chi connectivity index (χ3n) is 17.0. The Kier molecular flexibility index (Phi) is 29.5. The summed E-state index contributed by atoms with van der Waals surface area (Å²) in [7, 11) is 0. The molecular formula is C75H84O34. The van der Waals surface area contributed by atoms with Gasteiger partial charge in [0, 0.05) is 55.4 Å². The van der Waals surface area contributed by atoms with Crippen LogP contribution in [-0.4, -0.2) is 239 Å². The van der Waals surface area contributed by atoms with Gasteiger partial charge in [0.05, 0.1) is 54.3 Å². The van der Waals surface area contributed by atoms with E-state index < -0.39 is 233 Å². The van der Waals surface area contributed by atoms with E-state index in [1.807, 2.05) is 0 Å². The average Bonchev–Trinajstić information content (AvgIpc) is 0.757. The van der Waals surface area contributed by atoms with E-state index in [2.05, 4.69) is 6.58 Å². The summed E-state index contributed by atoms with van der Waals surface area (Å²) in [4.78, 5) is 163. The molecule has 5 heterocycles. The molecule has 109 heavy (non-hydrogen) atoms. The van der Waals surface area contributed by atoms with Gasteiger partial charge in [0.1, 0.15) is 37.1 Å². The van der Waals surface area contributed by atoms with Crippen LogP contribution < -0.4 is 0 Å². The van der Waals surface area contributed by atoms with Crippen molar-refractivity contribution in [3.05, 3.63) is 156 Å². The Morgan fingerprint density at radius 2 is 0.661 bits per heavy atom. The maximum absolute atomic E-state index is 14.7. The molecule has 34 heteroatoms. The lowest BCUT2D eigenvalue weighted by atomic mass is 9.95. The second kappa shape index (κ2) is 38.8. The monoisotopic (exact) mass is 1530 g/mol. The van der Waals surface area contributed by atoms with Crippen LogP contribution in [0.2, 0.25) is 0 Å². The molecule has 0 aromatic heterocycles. The largest absolute Gasteiger partial charge is 0.463 e. The van der Waals surface area contributed by atoms with E-state index >= 15 is 0 Å². The zero-order valence-electron chi connectivity index (χ0n) is 60.8. The second-order valence-corrected chi connectivity index (χ2v) is 25.3. The first-order chi connectivity index (χ1) is 52.1. The number of benzene rings is 4. The lowest BCUT2D eigenvalue weighted by Gasteiger charge is -2.51. The maximum Gasteiger partial charge on any atom is 0.338 e. The molecule has 5 fully saturated rings. The minimum absolute atomic E-state index is 0.00322. The van der Waals surface area contributed by atoms with Crippen LogP contribution in [0.25, 0.3) is 0 Å². The van der Waals surface area contributed by atoms with Crippen LogP contribution in [0.3, 0.4) is 0 Å². The quantitative estimate of drug-likeness (QED) is 0.0424. The van der Waals surface area contributed by atoms with Crippen molar-refractivity contribution in [1.82, 2.24) is 0 Å². The zero-order chi connectivity index (χ0) is 78.8. The van der Waals surface area contributed by atoms with Crippen LogP contribution in [0.15, 0.2) is 134 Å². The Morgan fingerprint density at radius 1 is 0.330 bits per heavy atom. The lowest BCUT2D eigenvalue weighted by molar-refractivity contribution is -0.400. The summed E-state index contributed by atoms with van der Waals surface area (Å²) in [5.41, 5.74) is 0.0149. The summed E-state index contributed by atoms with van der Waals surface area (Å²) >= 11 is 0. The van der Waals surface area contributed by atoms with Crippen molar-refractivity contribution < 1.29 is 162 Å². The van der Waals surface area contributed by atoms with Gasteiger partial charge in [0.25, 0.3) is 0 Å². The van der Waals surface area contributed by atoms with E-state index in [-0.39, 0.29) is 28.9 Å². The number of hydrogen-bond acceptors (Lipinski definition) is 34. The van der Waals surface area contributed by atoms with Gasteiger partial charge in [-0.25, -0.2) is 19.2 Å². The van der Waals surface area contributed by atoms with E-state index in [0.29, 0.717) is 0 Å². The number of carbonyl (C=O) groups excluding carboxylic acids is 12. The molecule has 0 saturated carbocycles. The maximum atomic E-state index is 14.7. The van der Waals surface area contributed by atoms with Crippen molar-refractivity contribution in [2.75, 3.05) is 26.4 Å². The highest BCUT2D eigenvalue weighted by atomic mass is 16.8. The van der Waals surface area contributed by atoms with Crippen LogP contribution in [0.4, 0.5) is 0 Å². The Labute approximate surface area is 624 Å². The molecule has 0 amide bonds. The van der Waals surface area contributed by atoms with Crippen LogP contribution in [-0.2, 0) is 143 Å². The highest BCUT2D eigenvalue weighted by molar-refractivity contribution is 5.92. The highest BCUT2D eigenvalue weighted by Gasteiger charge is 2.61. The van der Waals surface area contributed by atoms with Crippen molar-refractivity contribution in [3.63, 3.8) is 0 Å². The third kappa shape index (κ3) is 22.3. The molecule has 0 radical (unpaired) electrons. The van der Waals surface area contributed by atoms with Gasteiger partial charge in [-0.05, 0) is 62.4 Å². The molecular weight excluding hydrogens is 1440 g/mol. The number of carbonyl (C=O) groups is 12. The van der Waals surface area contributed by atoms with Crippen LogP contribution in [0.5, 0.6) is 0 Å². The van der Waals surface area contributed by atoms with E-state index in [9.17, 15) is 57.5 Å². The Bertz CT molecular complexity index is 3820. The zero-order valence-corrected chi connectivity index (χ0v) is 60.8. The molecule has 23 atom stereocenters. The van der Waals surface area contributed by atoms with Gasteiger partial charge in [-0.1, -0.05) is 78.9 Å². The summed E-state index contributed by atoms with van der Waals surface area (Å²) in [5.74, 6) is -12.0. The van der Waals surface area contributed by atoms with E-state index in [1.165, 1.54) is 80.6 Å². The Morgan fingerprint density at radius 3 is 1.12 bits per heavy atom. The van der Waals surface area contributed by atoms with E-state index in [1.54, 1.807) is 60.7 Å². The van der Waals surface area contributed by atoms with Crippen LogP contribution in [0, 0.1) is 0 Å². The molecule has 4 aromatic carbocycles. The third-order valence-corrected chi connectivity index (χ3v) is 17.0. The van der Waals surface area contributed by atoms with Crippen molar-refractivity contribution in [3.8, 4) is 0 Å². The first-order valence-corrected chi connectivity index (χ1v) is 34.5.